The Hall–Kier alpha value is -4.39. The maximum atomic E-state index is 11.6. The van der Waals surface area contributed by atoms with Crippen LogP contribution in [-0.2, 0) is 4.74 Å². The van der Waals surface area contributed by atoms with Crippen molar-refractivity contribution in [2.75, 3.05) is 79.1 Å². The quantitative estimate of drug-likeness (QED) is 0.0930. The molecule has 2 aliphatic heterocycles. The number of hydrogen-bond donors (Lipinski definition) is 0. The Balaban J connectivity index is 0.000000194. The lowest BCUT2D eigenvalue weighted by Gasteiger charge is -2.36. The van der Waals surface area contributed by atoms with Crippen molar-refractivity contribution in [2.45, 2.75) is 52.1 Å². The number of pyridine rings is 2. The standard InChI is InChI=1S/C18H21N3O2.C17H19N3O.2C4H9.Al.H/c1-14-3-5-16(6-4-14)20-9-11-21(12-10-20)17-13-15(7-8-19-17)18(22)23-2;1-14-2-4-16(5-3-14)19-8-10-20(11-9-19)17-12-15(13-21)6-7-18-17;2*1-4(2)3;;/h3-8,13H,9-12H2,1-2H3;2-7,12-13H,8-11H2,1H3;2*4H,1H2,2-3H3;;. The van der Waals surface area contributed by atoms with Crippen LogP contribution in [0.1, 0.15) is 59.5 Å². The summed E-state index contributed by atoms with van der Waals surface area (Å²) in [6, 6.07) is 24.3. The van der Waals surface area contributed by atoms with Crippen LogP contribution in [0.5, 0.6) is 0 Å². The summed E-state index contributed by atoms with van der Waals surface area (Å²) in [4.78, 5) is 40.4. The highest BCUT2D eigenvalue weighted by atomic mass is 27.1. The molecule has 0 radical (unpaired) electrons. The van der Waals surface area contributed by atoms with Crippen LogP contribution >= 0.6 is 0 Å². The van der Waals surface area contributed by atoms with Gasteiger partial charge in [0.1, 0.15) is 17.9 Å². The molecule has 4 aromatic rings. The molecule has 53 heavy (non-hydrogen) atoms. The first-order valence-corrected chi connectivity index (χ1v) is 21.1. The number of aryl methyl sites for hydroxylation is 2. The third-order valence-corrected chi connectivity index (χ3v) is 12.8. The Morgan fingerprint density at radius 2 is 1.08 bits per heavy atom. The van der Waals surface area contributed by atoms with E-state index in [0.29, 0.717) is 26.3 Å². The Bertz CT molecular complexity index is 1680. The molecule has 2 aromatic carbocycles. The maximum Gasteiger partial charge on any atom is 0.338 e. The van der Waals surface area contributed by atoms with Crippen LogP contribution < -0.4 is 19.6 Å². The molecular formula is C43H59AlN6O3. The highest BCUT2D eigenvalue weighted by Crippen LogP contribution is 2.22. The van der Waals surface area contributed by atoms with Gasteiger partial charge in [-0.3, -0.25) is 4.79 Å². The van der Waals surface area contributed by atoms with Gasteiger partial charge in [-0.1, -0.05) is 85.5 Å². The fraction of sp³-hybridized carbons (Fsp3) is 0.442. The van der Waals surface area contributed by atoms with Crippen LogP contribution in [0.4, 0.5) is 23.0 Å². The second-order valence-corrected chi connectivity index (χ2v) is 16.7. The molecule has 0 unspecified atom stereocenters. The zero-order valence-corrected chi connectivity index (χ0v) is 34.4. The first kappa shape index (κ1) is 41.4. The lowest BCUT2D eigenvalue weighted by Crippen LogP contribution is -2.46. The fourth-order valence-corrected chi connectivity index (χ4v) is 8.22. The normalized spacial score (nSPS) is 14.2. The highest BCUT2D eigenvalue weighted by molar-refractivity contribution is 6.35. The van der Waals surface area contributed by atoms with Crippen molar-refractivity contribution in [1.29, 1.82) is 0 Å². The van der Waals surface area contributed by atoms with Gasteiger partial charge in [0.2, 0.25) is 15.2 Å². The molecule has 10 heteroatoms. The summed E-state index contributed by atoms with van der Waals surface area (Å²) < 4.78 is 4.77. The minimum Gasteiger partial charge on any atom is -0.465 e. The zero-order chi connectivity index (χ0) is 38.2. The molecule has 0 N–H and O–H groups in total. The van der Waals surface area contributed by atoms with E-state index in [4.69, 9.17) is 4.74 Å². The number of piperazine rings is 2. The number of anilines is 4. The Morgan fingerprint density at radius 3 is 1.49 bits per heavy atom. The Kier molecular flexibility index (Phi) is 16.7. The fourth-order valence-electron chi connectivity index (χ4n) is 6.35. The molecule has 0 atom stereocenters. The monoisotopic (exact) mass is 734 g/mol. The van der Waals surface area contributed by atoms with Crippen LogP contribution in [-0.4, -0.2) is 96.9 Å². The van der Waals surface area contributed by atoms with E-state index in [-0.39, 0.29) is 5.97 Å². The van der Waals surface area contributed by atoms with E-state index < -0.39 is 0 Å². The molecule has 2 aliphatic rings. The van der Waals surface area contributed by atoms with E-state index in [0.717, 1.165) is 82.1 Å². The van der Waals surface area contributed by atoms with Gasteiger partial charge in [0.05, 0.1) is 12.7 Å². The number of aromatic nitrogens is 2. The molecule has 0 aliphatic carbocycles. The molecular weight excluding hydrogens is 675 g/mol. The number of methoxy groups -OCH3 is 1. The summed E-state index contributed by atoms with van der Waals surface area (Å²) in [7, 11) is 1.39. The summed E-state index contributed by atoms with van der Waals surface area (Å²) >= 11 is 0.316. The average molecular weight is 735 g/mol. The van der Waals surface area contributed by atoms with Crippen LogP contribution in [0.2, 0.25) is 10.6 Å². The van der Waals surface area contributed by atoms with Crippen LogP contribution in [0.25, 0.3) is 0 Å². The SMILES string of the molecule is CC(C)[CH2][AlH][CH2]C(C)C.COC(=O)c1ccnc(N2CCN(c3ccc(C)cc3)CC2)c1.Cc1ccc(N2CCN(c3cc(C=O)ccn3)CC2)cc1. The summed E-state index contributed by atoms with van der Waals surface area (Å²) in [6.07, 6.45) is 4.23. The number of carbonyl (C=O) groups is 2. The molecule has 282 valence electrons. The van der Waals surface area contributed by atoms with E-state index in [9.17, 15) is 9.59 Å². The smallest absolute Gasteiger partial charge is 0.338 e. The predicted molar refractivity (Wildman–Crippen MR) is 223 cm³/mol. The molecule has 9 nitrogen and oxygen atoms in total. The predicted octanol–water partition coefficient (Wildman–Crippen LogP) is 7.60. The van der Waals surface area contributed by atoms with E-state index in [1.807, 2.05) is 6.07 Å². The Morgan fingerprint density at radius 1 is 0.660 bits per heavy atom. The van der Waals surface area contributed by atoms with E-state index in [1.165, 1.54) is 40.2 Å². The van der Waals surface area contributed by atoms with Gasteiger partial charge in [0.15, 0.2) is 0 Å². The number of carbonyl (C=O) groups excluding carboxylic acids is 2. The molecule has 0 spiro atoms. The number of hydrogen-bond acceptors (Lipinski definition) is 9. The lowest BCUT2D eigenvalue weighted by molar-refractivity contribution is 0.0600. The van der Waals surface area contributed by atoms with Crippen molar-refractivity contribution >= 4 is 50.5 Å². The van der Waals surface area contributed by atoms with Gasteiger partial charge in [-0.05, 0) is 62.4 Å². The van der Waals surface area contributed by atoms with Gasteiger partial charge in [0.25, 0.3) is 0 Å². The van der Waals surface area contributed by atoms with Crippen molar-refractivity contribution < 1.29 is 14.3 Å². The molecule has 0 saturated carbocycles. The van der Waals surface area contributed by atoms with Crippen molar-refractivity contribution in [3.63, 3.8) is 0 Å². The van der Waals surface area contributed by atoms with Crippen molar-refractivity contribution in [1.82, 2.24) is 9.97 Å². The van der Waals surface area contributed by atoms with Crippen LogP contribution in [0.15, 0.2) is 85.2 Å². The molecule has 0 amide bonds. The molecule has 2 fully saturated rings. The third-order valence-electron chi connectivity index (χ3n) is 9.64. The number of ether oxygens (including phenoxy) is 1. The van der Waals surface area contributed by atoms with Crippen LogP contribution in [0.3, 0.4) is 0 Å². The third kappa shape index (κ3) is 13.5. The topological polar surface area (TPSA) is 82.1 Å². The number of aldehydes is 1. The van der Waals surface area contributed by atoms with Crippen molar-refractivity contribution in [3.05, 3.63) is 107 Å². The summed E-state index contributed by atoms with van der Waals surface area (Å²) in [5.74, 6) is 3.30. The second-order valence-electron chi connectivity index (χ2n) is 14.8. The molecule has 0 bridgehead atoms. The number of benzene rings is 2. The van der Waals surface area contributed by atoms with Crippen molar-refractivity contribution in [3.8, 4) is 0 Å². The van der Waals surface area contributed by atoms with Gasteiger partial charge in [-0.25, -0.2) is 14.8 Å². The first-order chi connectivity index (χ1) is 25.6. The highest BCUT2D eigenvalue weighted by Gasteiger charge is 2.20. The Labute approximate surface area is 324 Å². The minimum absolute atomic E-state index is 0.316. The van der Waals surface area contributed by atoms with Gasteiger partial charge in [0, 0.05) is 81.7 Å². The largest absolute Gasteiger partial charge is 0.465 e. The zero-order valence-electron chi connectivity index (χ0n) is 33.0. The number of nitrogens with zero attached hydrogens (tertiary/aromatic N) is 6. The van der Waals surface area contributed by atoms with Gasteiger partial charge < -0.3 is 24.3 Å². The van der Waals surface area contributed by atoms with Gasteiger partial charge >= 0.3 is 5.97 Å². The molecule has 2 aromatic heterocycles. The molecule has 6 rings (SSSR count). The maximum absolute atomic E-state index is 11.6. The van der Waals surface area contributed by atoms with E-state index in [2.05, 4.69) is 120 Å². The van der Waals surface area contributed by atoms with Gasteiger partial charge in [-0.15, -0.1) is 0 Å². The number of esters is 1. The van der Waals surface area contributed by atoms with E-state index >= 15 is 0 Å². The summed E-state index contributed by atoms with van der Waals surface area (Å²) in [5, 5.41) is 3.08. The first-order valence-electron chi connectivity index (χ1n) is 19.1. The molecule has 2 saturated heterocycles. The summed E-state index contributed by atoms with van der Waals surface area (Å²) in [6.45, 7) is 20.9. The average Bonchev–Trinajstić information content (AvgIpc) is 3.18. The van der Waals surface area contributed by atoms with Gasteiger partial charge in [-0.2, -0.15) is 0 Å². The number of rotatable bonds is 10. The lowest BCUT2D eigenvalue weighted by atomic mass is 10.2. The van der Waals surface area contributed by atoms with Crippen molar-refractivity contribution in [2.24, 2.45) is 11.8 Å². The summed E-state index contributed by atoms with van der Waals surface area (Å²) in [5.41, 5.74) is 6.31. The minimum atomic E-state index is -0.327. The van der Waals surface area contributed by atoms with Crippen LogP contribution in [0, 0.1) is 25.7 Å². The van der Waals surface area contributed by atoms with E-state index in [1.54, 1.807) is 30.6 Å². The second kappa shape index (κ2) is 21.3. The molecule has 4 heterocycles.